The van der Waals surface area contributed by atoms with Crippen LogP contribution < -0.4 is 5.32 Å². The molecule has 0 aliphatic heterocycles. The molecule has 0 aliphatic carbocycles. The molecule has 2 nitrogen and oxygen atoms in total. The highest BCUT2D eigenvalue weighted by molar-refractivity contribution is 6.35. The summed E-state index contributed by atoms with van der Waals surface area (Å²) in [7, 11) is 0. The monoisotopic (exact) mass is 450 g/mol. The third kappa shape index (κ3) is 5.15. The van der Waals surface area contributed by atoms with E-state index in [4.69, 9.17) is 23.2 Å². The minimum atomic E-state index is 0.437. The predicted octanol–water partition coefficient (Wildman–Crippen LogP) is 7.42. The van der Waals surface area contributed by atoms with Crippen molar-refractivity contribution in [2.45, 2.75) is 45.8 Å². The molecule has 0 radical (unpaired) electrons. The molecule has 160 valence electrons. The Morgan fingerprint density at radius 2 is 1.68 bits per heavy atom. The van der Waals surface area contributed by atoms with E-state index in [-0.39, 0.29) is 0 Å². The first-order chi connectivity index (χ1) is 15.0. The van der Waals surface area contributed by atoms with E-state index in [0.29, 0.717) is 16.1 Å². The number of aryl methyl sites for hydroxylation is 1. The van der Waals surface area contributed by atoms with Crippen LogP contribution in [0.15, 0.2) is 72.8 Å². The Balaban J connectivity index is 1.52. The van der Waals surface area contributed by atoms with Gasteiger partial charge in [-0.25, -0.2) is 0 Å². The fourth-order valence-electron chi connectivity index (χ4n) is 4.16. The van der Waals surface area contributed by atoms with E-state index in [1.807, 2.05) is 18.2 Å². The van der Waals surface area contributed by atoms with Gasteiger partial charge in [-0.15, -0.1) is 0 Å². The molecule has 0 spiro atoms. The van der Waals surface area contributed by atoms with Gasteiger partial charge < -0.3 is 9.88 Å². The van der Waals surface area contributed by atoms with Crippen LogP contribution in [0.1, 0.15) is 35.7 Å². The van der Waals surface area contributed by atoms with Crippen LogP contribution in [0.5, 0.6) is 0 Å². The smallest absolute Gasteiger partial charge is 0.0493 e. The van der Waals surface area contributed by atoms with Crippen molar-refractivity contribution in [3.8, 4) is 0 Å². The van der Waals surface area contributed by atoms with Crippen LogP contribution in [0, 0.1) is 6.92 Å². The Hall–Kier alpha value is -2.26. The van der Waals surface area contributed by atoms with E-state index in [2.05, 4.69) is 78.3 Å². The molecule has 1 atom stereocenters. The van der Waals surface area contributed by atoms with Crippen molar-refractivity contribution in [2.75, 3.05) is 0 Å². The zero-order valence-electron chi connectivity index (χ0n) is 18.0. The Kier molecular flexibility index (Phi) is 7.02. The van der Waals surface area contributed by atoms with Crippen molar-refractivity contribution in [1.29, 1.82) is 0 Å². The van der Waals surface area contributed by atoms with E-state index >= 15 is 0 Å². The number of para-hydroxylation sites is 1. The van der Waals surface area contributed by atoms with Gasteiger partial charge in [-0.3, -0.25) is 0 Å². The van der Waals surface area contributed by atoms with Crippen molar-refractivity contribution in [1.82, 2.24) is 9.88 Å². The van der Waals surface area contributed by atoms with Gasteiger partial charge in [0.1, 0.15) is 0 Å². The van der Waals surface area contributed by atoms with Gasteiger partial charge in [-0.1, -0.05) is 77.8 Å². The molecular weight excluding hydrogens is 423 g/mol. The average molecular weight is 451 g/mol. The SMILES string of the molecule is Cc1c(CN[C@@H](C)CCc2ccccc2)c2ccccc2n1Cc1ccc(Cl)cc1Cl. The zero-order chi connectivity index (χ0) is 21.8. The lowest BCUT2D eigenvalue weighted by atomic mass is 10.1. The zero-order valence-corrected chi connectivity index (χ0v) is 19.5. The van der Waals surface area contributed by atoms with Crippen LogP contribution in [0.3, 0.4) is 0 Å². The number of nitrogens with zero attached hydrogens (tertiary/aromatic N) is 1. The molecular formula is C27H28Cl2N2. The summed E-state index contributed by atoms with van der Waals surface area (Å²) in [6.45, 7) is 6.05. The second-order valence-electron chi connectivity index (χ2n) is 8.21. The standard InChI is InChI=1S/C27H28Cl2N2/c1-19(12-13-21-8-4-3-5-9-21)30-17-25-20(2)31(27-11-7-6-10-24(25)27)18-22-14-15-23(28)16-26(22)29/h3-11,14-16,19,30H,12-13,17-18H2,1-2H3/t19-/m0/s1. The van der Waals surface area contributed by atoms with Crippen LogP contribution in [-0.4, -0.2) is 10.6 Å². The van der Waals surface area contributed by atoms with Crippen LogP contribution in [0.4, 0.5) is 0 Å². The first-order valence-electron chi connectivity index (χ1n) is 10.8. The summed E-state index contributed by atoms with van der Waals surface area (Å²) in [5.41, 5.74) is 6.33. The molecule has 0 aliphatic rings. The summed E-state index contributed by atoms with van der Waals surface area (Å²) in [6, 6.07) is 25.5. The molecule has 0 saturated carbocycles. The first-order valence-corrected chi connectivity index (χ1v) is 11.6. The molecule has 4 aromatic rings. The highest BCUT2D eigenvalue weighted by atomic mass is 35.5. The fourth-order valence-corrected chi connectivity index (χ4v) is 4.62. The largest absolute Gasteiger partial charge is 0.340 e. The number of hydrogen-bond donors (Lipinski definition) is 1. The van der Waals surface area contributed by atoms with Crippen molar-refractivity contribution in [2.24, 2.45) is 0 Å². The highest BCUT2D eigenvalue weighted by Gasteiger charge is 2.15. The second kappa shape index (κ2) is 9.91. The molecule has 1 N–H and O–H groups in total. The van der Waals surface area contributed by atoms with Crippen molar-refractivity contribution in [3.05, 3.63) is 105 Å². The Bertz CT molecular complexity index is 1160. The molecule has 4 rings (SSSR count). The topological polar surface area (TPSA) is 17.0 Å². The van der Waals surface area contributed by atoms with E-state index in [1.165, 1.54) is 27.7 Å². The quantitative estimate of drug-likeness (QED) is 0.295. The summed E-state index contributed by atoms with van der Waals surface area (Å²) >= 11 is 12.6. The van der Waals surface area contributed by atoms with E-state index in [0.717, 1.165) is 31.5 Å². The molecule has 0 bridgehead atoms. The fraction of sp³-hybridized carbons (Fsp3) is 0.259. The van der Waals surface area contributed by atoms with E-state index in [9.17, 15) is 0 Å². The van der Waals surface area contributed by atoms with E-state index < -0.39 is 0 Å². The molecule has 1 heterocycles. The molecule has 31 heavy (non-hydrogen) atoms. The first kappa shape index (κ1) is 22.0. The maximum Gasteiger partial charge on any atom is 0.0493 e. The van der Waals surface area contributed by atoms with Crippen molar-refractivity contribution < 1.29 is 0 Å². The number of nitrogens with one attached hydrogen (secondary N) is 1. The average Bonchev–Trinajstić information content (AvgIpc) is 3.04. The van der Waals surface area contributed by atoms with E-state index in [1.54, 1.807) is 0 Å². The van der Waals surface area contributed by atoms with Crippen LogP contribution in [0.25, 0.3) is 10.9 Å². The third-order valence-corrected chi connectivity index (χ3v) is 6.63. The minimum Gasteiger partial charge on any atom is -0.340 e. The number of benzene rings is 3. The van der Waals surface area contributed by atoms with Gasteiger partial charge in [0.05, 0.1) is 0 Å². The maximum absolute atomic E-state index is 6.47. The number of rotatable bonds is 8. The summed E-state index contributed by atoms with van der Waals surface area (Å²) in [5, 5.41) is 6.41. The lowest BCUT2D eigenvalue weighted by Gasteiger charge is -2.15. The predicted molar refractivity (Wildman–Crippen MR) is 133 cm³/mol. The molecule has 0 amide bonds. The molecule has 0 fully saturated rings. The summed E-state index contributed by atoms with van der Waals surface area (Å²) in [5.74, 6) is 0. The van der Waals surface area contributed by atoms with Crippen LogP contribution >= 0.6 is 23.2 Å². The number of aromatic nitrogens is 1. The molecule has 1 aromatic heterocycles. The number of fused-ring (bicyclic) bond motifs is 1. The van der Waals surface area contributed by atoms with Crippen LogP contribution in [0.2, 0.25) is 10.0 Å². The number of hydrogen-bond acceptors (Lipinski definition) is 1. The van der Waals surface area contributed by atoms with Gasteiger partial charge in [-0.2, -0.15) is 0 Å². The van der Waals surface area contributed by atoms with Gasteiger partial charge in [0, 0.05) is 45.8 Å². The summed E-state index contributed by atoms with van der Waals surface area (Å²) in [4.78, 5) is 0. The highest BCUT2D eigenvalue weighted by Crippen LogP contribution is 2.29. The lowest BCUT2D eigenvalue weighted by molar-refractivity contribution is 0.513. The normalized spacial score (nSPS) is 12.4. The third-order valence-electron chi connectivity index (χ3n) is 6.04. The second-order valence-corrected chi connectivity index (χ2v) is 9.05. The maximum atomic E-state index is 6.47. The number of halogens is 2. The Morgan fingerprint density at radius 3 is 2.45 bits per heavy atom. The molecule has 3 aromatic carbocycles. The van der Waals surface area contributed by atoms with Crippen molar-refractivity contribution in [3.63, 3.8) is 0 Å². The van der Waals surface area contributed by atoms with Crippen LogP contribution in [-0.2, 0) is 19.5 Å². The lowest BCUT2D eigenvalue weighted by Crippen LogP contribution is -2.26. The van der Waals surface area contributed by atoms with Gasteiger partial charge in [0.2, 0.25) is 0 Å². The Morgan fingerprint density at radius 1 is 0.935 bits per heavy atom. The summed E-state index contributed by atoms with van der Waals surface area (Å²) < 4.78 is 2.36. The van der Waals surface area contributed by atoms with Gasteiger partial charge >= 0.3 is 0 Å². The molecule has 0 unspecified atom stereocenters. The Labute approximate surface area is 194 Å². The summed E-state index contributed by atoms with van der Waals surface area (Å²) in [6.07, 6.45) is 2.20. The van der Waals surface area contributed by atoms with Gasteiger partial charge in [-0.05, 0) is 61.6 Å². The molecule has 4 heteroatoms. The van der Waals surface area contributed by atoms with Gasteiger partial charge in [0.15, 0.2) is 0 Å². The molecule has 0 saturated heterocycles. The minimum absolute atomic E-state index is 0.437. The van der Waals surface area contributed by atoms with Crippen molar-refractivity contribution >= 4 is 34.1 Å². The van der Waals surface area contributed by atoms with Gasteiger partial charge in [0.25, 0.3) is 0 Å².